The number of fused-ring (bicyclic) bond motifs is 1. The number of amides is 1. The van der Waals surface area contributed by atoms with Crippen molar-refractivity contribution in [2.24, 2.45) is 0 Å². The van der Waals surface area contributed by atoms with Crippen molar-refractivity contribution in [3.8, 4) is 0 Å². The fourth-order valence-electron chi connectivity index (χ4n) is 2.36. The fourth-order valence-corrected chi connectivity index (χ4v) is 3.41. The van der Waals surface area contributed by atoms with Crippen molar-refractivity contribution in [2.45, 2.75) is 25.7 Å². The van der Waals surface area contributed by atoms with Crippen LogP contribution in [0.2, 0.25) is 0 Å². The van der Waals surface area contributed by atoms with Crippen LogP contribution in [0, 0.1) is 0 Å². The Morgan fingerprint density at radius 3 is 2.65 bits per heavy atom. The number of thiazole rings is 1. The SMILES string of the molecule is CNc1ccc(C(=O)Nc2nc3c(s2)CCCC3)cc1. The quantitative estimate of drug-likeness (QED) is 0.910. The molecule has 4 nitrogen and oxygen atoms in total. The van der Waals surface area contributed by atoms with Gasteiger partial charge in [0.1, 0.15) is 0 Å². The number of carbonyl (C=O) groups is 1. The van der Waals surface area contributed by atoms with E-state index >= 15 is 0 Å². The lowest BCUT2D eigenvalue weighted by atomic mass is 10.0. The number of carbonyl (C=O) groups excluding carboxylic acids is 1. The average molecular weight is 287 g/mol. The van der Waals surface area contributed by atoms with Crippen molar-refractivity contribution in [3.63, 3.8) is 0 Å². The number of hydrogen-bond donors (Lipinski definition) is 2. The van der Waals surface area contributed by atoms with Gasteiger partial charge < -0.3 is 5.32 Å². The molecule has 0 aliphatic heterocycles. The van der Waals surface area contributed by atoms with Gasteiger partial charge in [0.2, 0.25) is 0 Å². The first kappa shape index (κ1) is 13.1. The number of nitrogens with zero attached hydrogens (tertiary/aromatic N) is 1. The molecule has 2 N–H and O–H groups in total. The molecule has 5 heteroatoms. The molecule has 0 bridgehead atoms. The Morgan fingerprint density at radius 1 is 1.20 bits per heavy atom. The number of benzene rings is 1. The summed E-state index contributed by atoms with van der Waals surface area (Å²) in [5.74, 6) is -0.0984. The third kappa shape index (κ3) is 2.67. The van der Waals surface area contributed by atoms with E-state index in [1.165, 1.54) is 23.4 Å². The van der Waals surface area contributed by atoms with E-state index in [2.05, 4.69) is 15.6 Å². The summed E-state index contributed by atoms with van der Waals surface area (Å²) in [6, 6.07) is 7.41. The van der Waals surface area contributed by atoms with Crippen molar-refractivity contribution in [1.82, 2.24) is 4.98 Å². The molecule has 20 heavy (non-hydrogen) atoms. The van der Waals surface area contributed by atoms with Crippen molar-refractivity contribution < 1.29 is 4.79 Å². The summed E-state index contributed by atoms with van der Waals surface area (Å²) in [6.45, 7) is 0. The van der Waals surface area contributed by atoms with Gasteiger partial charge in [-0.05, 0) is 49.9 Å². The van der Waals surface area contributed by atoms with Gasteiger partial charge in [-0.3, -0.25) is 10.1 Å². The maximum Gasteiger partial charge on any atom is 0.257 e. The highest BCUT2D eigenvalue weighted by molar-refractivity contribution is 7.15. The van der Waals surface area contributed by atoms with Gasteiger partial charge in [-0.1, -0.05) is 0 Å². The predicted octanol–water partition coefficient (Wildman–Crippen LogP) is 3.32. The maximum atomic E-state index is 12.2. The highest BCUT2D eigenvalue weighted by atomic mass is 32.1. The Labute approximate surface area is 122 Å². The van der Waals surface area contributed by atoms with E-state index in [9.17, 15) is 4.79 Å². The van der Waals surface area contributed by atoms with Crippen LogP contribution < -0.4 is 10.6 Å². The maximum absolute atomic E-state index is 12.2. The first-order valence-corrected chi connectivity index (χ1v) is 7.65. The molecule has 1 heterocycles. The third-order valence-electron chi connectivity index (χ3n) is 3.50. The van der Waals surface area contributed by atoms with Gasteiger partial charge in [0.05, 0.1) is 5.69 Å². The molecule has 1 aliphatic carbocycles. The molecule has 1 aromatic carbocycles. The molecule has 1 aliphatic rings. The molecule has 104 valence electrons. The number of aryl methyl sites for hydroxylation is 2. The fraction of sp³-hybridized carbons (Fsp3) is 0.333. The molecule has 0 radical (unpaired) electrons. The highest BCUT2D eigenvalue weighted by Gasteiger charge is 2.16. The summed E-state index contributed by atoms with van der Waals surface area (Å²) >= 11 is 1.61. The van der Waals surface area contributed by atoms with Crippen LogP contribution in [0.25, 0.3) is 0 Å². The summed E-state index contributed by atoms with van der Waals surface area (Å²) in [6.07, 6.45) is 4.57. The van der Waals surface area contributed by atoms with Gasteiger partial charge in [0.15, 0.2) is 5.13 Å². The first-order valence-electron chi connectivity index (χ1n) is 6.84. The van der Waals surface area contributed by atoms with Crippen LogP contribution in [0.15, 0.2) is 24.3 Å². The van der Waals surface area contributed by atoms with E-state index in [4.69, 9.17) is 0 Å². The van der Waals surface area contributed by atoms with Gasteiger partial charge in [-0.25, -0.2) is 4.98 Å². The molecule has 0 spiro atoms. The van der Waals surface area contributed by atoms with E-state index in [1.807, 2.05) is 31.3 Å². The summed E-state index contributed by atoms with van der Waals surface area (Å²) in [5, 5.41) is 6.66. The Kier molecular flexibility index (Phi) is 3.69. The molecular weight excluding hydrogens is 270 g/mol. The molecule has 2 aromatic rings. The smallest absolute Gasteiger partial charge is 0.257 e. The predicted molar refractivity (Wildman–Crippen MR) is 82.7 cm³/mol. The Morgan fingerprint density at radius 2 is 1.95 bits per heavy atom. The second-order valence-corrected chi connectivity index (χ2v) is 5.96. The van der Waals surface area contributed by atoms with Crippen LogP contribution in [0.1, 0.15) is 33.8 Å². The molecule has 1 aromatic heterocycles. The number of hydrogen-bond acceptors (Lipinski definition) is 4. The lowest BCUT2D eigenvalue weighted by molar-refractivity contribution is 0.102. The summed E-state index contributed by atoms with van der Waals surface area (Å²) < 4.78 is 0. The monoisotopic (exact) mass is 287 g/mol. The van der Waals surface area contributed by atoms with Crippen molar-refractivity contribution in [1.29, 1.82) is 0 Å². The molecule has 0 atom stereocenters. The zero-order valence-electron chi connectivity index (χ0n) is 11.4. The second kappa shape index (κ2) is 5.63. The number of aromatic nitrogens is 1. The van der Waals surface area contributed by atoms with Crippen LogP contribution in [0.4, 0.5) is 10.8 Å². The standard InChI is InChI=1S/C15H17N3OS/c1-16-11-8-6-10(7-9-11)14(19)18-15-17-12-4-2-3-5-13(12)20-15/h6-9,16H,2-5H2,1H3,(H,17,18,19). The van der Waals surface area contributed by atoms with Crippen LogP contribution in [-0.4, -0.2) is 17.9 Å². The third-order valence-corrected chi connectivity index (χ3v) is 4.57. The van der Waals surface area contributed by atoms with E-state index in [1.54, 1.807) is 11.3 Å². The zero-order valence-corrected chi connectivity index (χ0v) is 12.2. The lowest BCUT2D eigenvalue weighted by Crippen LogP contribution is -2.11. The molecular formula is C15H17N3OS. The van der Waals surface area contributed by atoms with Crippen LogP contribution in [0.5, 0.6) is 0 Å². The minimum absolute atomic E-state index is 0.0984. The van der Waals surface area contributed by atoms with Gasteiger partial charge in [-0.15, -0.1) is 11.3 Å². The Bertz CT molecular complexity index is 595. The minimum atomic E-state index is -0.0984. The van der Waals surface area contributed by atoms with Crippen LogP contribution in [0.3, 0.4) is 0 Å². The molecule has 0 saturated heterocycles. The molecule has 1 amide bonds. The van der Waals surface area contributed by atoms with Gasteiger partial charge >= 0.3 is 0 Å². The normalized spacial score (nSPS) is 13.7. The lowest BCUT2D eigenvalue weighted by Gasteiger charge is -2.06. The van der Waals surface area contributed by atoms with Gasteiger partial charge in [-0.2, -0.15) is 0 Å². The van der Waals surface area contributed by atoms with E-state index in [0.29, 0.717) is 5.56 Å². The highest BCUT2D eigenvalue weighted by Crippen LogP contribution is 2.29. The Balaban J connectivity index is 1.73. The molecule has 0 unspecified atom stereocenters. The van der Waals surface area contributed by atoms with Crippen LogP contribution in [-0.2, 0) is 12.8 Å². The number of anilines is 2. The van der Waals surface area contributed by atoms with E-state index < -0.39 is 0 Å². The van der Waals surface area contributed by atoms with Crippen molar-refractivity contribution >= 4 is 28.1 Å². The molecule has 0 saturated carbocycles. The summed E-state index contributed by atoms with van der Waals surface area (Å²) in [7, 11) is 1.86. The first-order chi connectivity index (χ1) is 9.76. The van der Waals surface area contributed by atoms with E-state index in [-0.39, 0.29) is 5.91 Å². The number of nitrogens with one attached hydrogen (secondary N) is 2. The second-order valence-electron chi connectivity index (χ2n) is 4.88. The van der Waals surface area contributed by atoms with Crippen molar-refractivity contribution in [3.05, 3.63) is 40.4 Å². The van der Waals surface area contributed by atoms with Gasteiger partial charge in [0, 0.05) is 23.2 Å². The van der Waals surface area contributed by atoms with Gasteiger partial charge in [0.25, 0.3) is 5.91 Å². The Hall–Kier alpha value is -1.88. The van der Waals surface area contributed by atoms with E-state index in [0.717, 1.165) is 23.7 Å². The zero-order chi connectivity index (χ0) is 13.9. The average Bonchev–Trinajstić information content (AvgIpc) is 2.89. The topological polar surface area (TPSA) is 54.0 Å². The molecule has 0 fully saturated rings. The number of rotatable bonds is 3. The molecule has 3 rings (SSSR count). The van der Waals surface area contributed by atoms with Crippen LogP contribution >= 0.6 is 11.3 Å². The largest absolute Gasteiger partial charge is 0.388 e. The minimum Gasteiger partial charge on any atom is -0.388 e. The summed E-state index contributed by atoms with van der Waals surface area (Å²) in [5.41, 5.74) is 2.81. The summed E-state index contributed by atoms with van der Waals surface area (Å²) in [4.78, 5) is 18.0. The van der Waals surface area contributed by atoms with Crippen molar-refractivity contribution in [2.75, 3.05) is 17.7 Å².